The molecule has 0 fully saturated rings. The summed E-state index contributed by atoms with van der Waals surface area (Å²) in [6.45, 7) is 4.65. The van der Waals surface area contributed by atoms with Crippen molar-refractivity contribution in [3.63, 3.8) is 0 Å². The molecule has 0 rings (SSSR count). The van der Waals surface area contributed by atoms with Gasteiger partial charge in [-0.15, -0.1) is 0 Å². The zero-order valence-corrected chi connectivity index (χ0v) is 9.66. The number of amides is 1. The Balaban J connectivity index is 3.81. The average molecular weight is 240 g/mol. The Hall–Kier alpha value is -0.780. The van der Waals surface area contributed by atoms with Gasteiger partial charge in [0.05, 0.1) is 6.42 Å². The first-order valence-corrected chi connectivity index (χ1v) is 5.20. The summed E-state index contributed by atoms with van der Waals surface area (Å²) in [6, 6.07) is 0. The van der Waals surface area contributed by atoms with Gasteiger partial charge in [0.15, 0.2) is 0 Å². The second kappa shape index (κ2) is 6.08. The number of nitrogens with two attached hydrogens (primary N) is 1. The second-order valence-electron chi connectivity index (χ2n) is 4.59. The monoisotopic (exact) mass is 240 g/mol. The summed E-state index contributed by atoms with van der Waals surface area (Å²) in [4.78, 5) is 11.1. The summed E-state index contributed by atoms with van der Waals surface area (Å²) in [5.41, 5.74) is 5.20. The van der Waals surface area contributed by atoms with Crippen LogP contribution >= 0.6 is 0 Å². The van der Waals surface area contributed by atoms with E-state index in [1.165, 1.54) is 0 Å². The molecule has 0 heterocycles. The maximum Gasteiger partial charge on any atom is 0.389 e. The minimum Gasteiger partial charge on any atom is -0.356 e. The molecule has 3 nitrogen and oxygen atoms in total. The van der Waals surface area contributed by atoms with Crippen molar-refractivity contribution in [2.45, 2.75) is 39.3 Å². The van der Waals surface area contributed by atoms with E-state index in [1.807, 2.05) is 13.8 Å². The topological polar surface area (TPSA) is 55.1 Å². The van der Waals surface area contributed by atoms with Crippen LogP contribution in [-0.2, 0) is 4.79 Å². The van der Waals surface area contributed by atoms with E-state index >= 15 is 0 Å². The van der Waals surface area contributed by atoms with Crippen LogP contribution in [0, 0.1) is 5.41 Å². The minimum absolute atomic E-state index is 0.178. The molecule has 0 aliphatic heterocycles. The lowest BCUT2D eigenvalue weighted by Gasteiger charge is -2.24. The minimum atomic E-state index is -4.27. The van der Waals surface area contributed by atoms with Crippen LogP contribution in [0.2, 0.25) is 0 Å². The molecule has 0 aromatic rings. The van der Waals surface area contributed by atoms with Gasteiger partial charge in [0.2, 0.25) is 5.91 Å². The fourth-order valence-corrected chi connectivity index (χ4v) is 1.16. The highest BCUT2D eigenvalue weighted by Crippen LogP contribution is 2.21. The molecule has 0 saturated heterocycles. The molecular formula is C10H19F3N2O. The van der Waals surface area contributed by atoms with E-state index in [0.717, 1.165) is 0 Å². The molecule has 0 aliphatic rings. The van der Waals surface area contributed by atoms with Crippen LogP contribution in [0.4, 0.5) is 13.2 Å². The molecule has 0 saturated carbocycles. The van der Waals surface area contributed by atoms with Gasteiger partial charge in [0.1, 0.15) is 0 Å². The third kappa shape index (κ3) is 8.52. The molecule has 16 heavy (non-hydrogen) atoms. The van der Waals surface area contributed by atoms with Crippen LogP contribution in [0.5, 0.6) is 0 Å². The fraction of sp³-hybridized carbons (Fsp3) is 0.900. The third-order valence-electron chi connectivity index (χ3n) is 2.22. The number of rotatable bonds is 6. The van der Waals surface area contributed by atoms with Gasteiger partial charge in [-0.25, -0.2) is 0 Å². The first kappa shape index (κ1) is 15.2. The van der Waals surface area contributed by atoms with Crippen molar-refractivity contribution in [1.29, 1.82) is 0 Å². The number of hydrogen-bond donors (Lipinski definition) is 2. The molecule has 0 aliphatic carbocycles. The maximum absolute atomic E-state index is 11.8. The molecule has 6 heteroatoms. The Labute approximate surface area is 93.6 Å². The molecule has 0 spiro atoms. The van der Waals surface area contributed by atoms with Crippen LogP contribution in [0.15, 0.2) is 0 Å². The van der Waals surface area contributed by atoms with Crippen molar-refractivity contribution >= 4 is 5.91 Å². The lowest BCUT2D eigenvalue weighted by atomic mass is 9.89. The Morgan fingerprint density at radius 2 is 1.81 bits per heavy atom. The first-order valence-electron chi connectivity index (χ1n) is 5.20. The van der Waals surface area contributed by atoms with Crippen LogP contribution in [0.3, 0.4) is 0 Å². The van der Waals surface area contributed by atoms with Gasteiger partial charge in [-0.05, 0) is 18.4 Å². The quantitative estimate of drug-likeness (QED) is 0.744. The standard InChI is InChI=1S/C10H19F3N2O/c1-9(2,5-6-14)7-15-8(16)3-4-10(11,12)13/h3-7,14H2,1-2H3,(H,15,16). The molecule has 1 amide bonds. The molecule has 0 atom stereocenters. The summed E-state index contributed by atoms with van der Waals surface area (Å²) in [5, 5.41) is 2.49. The largest absolute Gasteiger partial charge is 0.389 e. The lowest BCUT2D eigenvalue weighted by Crippen LogP contribution is -2.35. The highest BCUT2D eigenvalue weighted by Gasteiger charge is 2.28. The van der Waals surface area contributed by atoms with E-state index in [-0.39, 0.29) is 5.41 Å². The number of carbonyl (C=O) groups excluding carboxylic acids is 1. The van der Waals surface area contributed by atoms with Crippen molar-refractivity contribution in [3.8, 4) is 0 Å². The third-order valence-corrected chi connectivity index (χ3v) is 2.22. The lowest BCUT2D eigenvalue weighted by molar-refractivity contribution is -0.144. The van der Waals surface area contributed by atoms with Crippen LogP contribution in [-0.4, -0.2) is 25.2 Å². The normalized spacial score (nSPS) is 12.6. The van der Waals surface area contributed by atoms with Crippen LogP contribution in [0.1, 0.15) is 33.1 Å². The van der Waals surface area contributed by atoms with Gasteiger partial charge in [-0.2, -0.15) is 13.2 Å². The van der Waals surface area contributed by atoms with Crippen LogP contribution < -0.4 is 11.1 Å². The summed E-state index contributed by atoms with van der Waals surface area (Å²) in [7, 11) is 0. The zero-order chi connectivity index (χ0) is 12.8. The Morgan fingerprint density at radius 1 is 1.25 bits per heavy atom. The highest BCUT2D eigenvalue weighted by atomic mass is 19.4. The fourth-order valence-electron chi connectivity index (χ4n) is 1.16. The van der Waals surface area contributed by atoms with Crippen molar-refractivity contribution < 1.29 is 18.0 Å². The predicted octanol–water partition coefficient (Wildman–Crippen LogP) is 1.82. The summed E-state index contributed by atoms with van der Waals surface area (Å²) >= 11 is 0. The van der Waals surface area contributed by atoms with E-state index in [4.69, 9.17) is 5.73 Å². The van der Waals surface area contributed by atoms with Crippen molar-refractivity contribution in [1.82, 2.24) is 5.32 Å². The number of hydrogen-bond acceptors (Lipinski definition) is 2. The Bertz CT molecular complexity index is 227. The van der Waals surface area contributed by atoms with E-state index in [9.17, 15) is 18.0 Å². The van der Waals surface area contributed by atoms with E-state index in [2.05, 4.69) is 5.32 Å². The van der Waals surface area contributed by atoms with Gasteiger partial charge >= 0.3 is 6.18 Å². The van der Waals surface area contributed by atoms with Gasteiger partial charge < -0.3 is 11.1 Å². The molecule has 0 aromatic heterocycles. The SMILES string of the molecule is CC(C)(CCN)CNC(=O)CCC(F)(F)F. The Kier molecular flexibility index (Phi) is 5.78. The molecule has 0 unspecified atom stereocenters. The molecule has 3 N–H and O–H groups in total. The first-order chi connectivity index (χ1) is 7.16. The second-order valence-corrected chi connectivity index (χ2v) is 4.59. The summed E-state index contributed by atoms with van der Waals surface area (Å²) in [5.74, 6) is -0.567. The van der Waals surface area contributed by atoms with Gasteiger partial charge in [0, 0.05) is 13.0 Å². The number of nitrogens with one attached hydrogen (secondary N) is 1. The van der Waals surface area contributed by atoms with Crippen molar-refractivity contribution in [3.05, 3.63) is 0 Å². The van der Waals surface area contributed by atoms with Gasteiger partial charge in [0.25, 0.3) is 0 Å². The summed E-state index contributed by atoms with van der Waals surface area (Å²) < 4.78 is 35.4. The molecule has 96 valence electrons. The zero-order valence-electron chi connectivity index (χ0n) is 9.66. The van der Waals surface area contributed by atoms with Crippen LogP contribution in [0.25, 0.3) is 0 Å². The number of halogens is 3. The summed E-state index contributed by atoms with van der Waals surface area (Å²) in [6.07, 6.45) is -5.14. The number of carbonyl (C=O) groups is 1. The average Bonchev–Trinajstić information content (AvgIpc) is 2.10. The van der Waals surface area contributed by atoms with E-state index < -0.39 is 24.9 Å². The number of alkyl halides is 3. The maximum atomic E-state index is 11.8. The molecule has 0 aromatic carbocycles. The Morgan fingerprint density at radius 3 is 2.25 bits per heavy atom. The van der Waals surface area contributed by atoms with Crippen molar-refractivity contribution in [2.24, 2.45) is 11.1 Å². The predicted molar refractivity (Wildman–Crippen MR) is 55.8 cm³/mol. The smallest absolute Gasteiger partial charge is 0.356 e. The van der Waals surface area contributed by atoms with Crippen molar-refractivity contribution in [2.75, 3.05) is 13.1 Å². The molecular weight excluding hydrogens is 221 g/mol. The highest BCUT2D eigenvalue weighted by molar-refractivity contribution is 5.75. The molecule has 0 bridgehead atoms. The van der Waals surface area contributed by atoms with Gasteiger partial charge in [-0.1, -0.05) is 13.8 Å². The molecule has 0 radical (unpaired) electrons. The van der Waals surface area contributed by atoms with E-state index in [0.29, 0.717) is 19.5 Å². The van der Waals surface area contributed by atoms with E-state index in [1.54, 1.807) is 0 Å². The van der Waals surface area contributed by atoms with Gasteiger partial charge in [-0.3, -0.25) is 4.79 Å².